The van der Waals surface area contributed by atoms with E-state index in [9.17, 15) is 24.8 Å². The summed E-state index contributed by atoms with van der Waals surface area (Å²) < 4.78 is 0.398. The zero-order valence-corrected chi connectivity index (χ0v) is 14.8. The van der Waals surface area contributed by atoms with Crippen LogP contribution in [-0.2, 0) is 9.59 Å². The largest absolute Gasteiger partial charge is 0.550 e. The Morgan fingerprint density at radius 2 is 2.00 bits per heavy atom. The third kappa shape index (κ3) is 5.10. The van der Waals surface area contributed by atoms with Gasteiger partial charge in [-0.05, 0) is 31.4 Å². The molecular formula is C16H15N2O5S2-. The molecule has 1 saturated heterocycles. The number of nitro groups is 1. The second-order valence-electron chi connectivity index (χ2n) is 5.33. The molecule has 2 rings (SSSR count). The lowest BCUT2D eigenvalue weighted by molar-refractivity contribution is -0.385. The van der Waals surface area contributed by atoms with E-state index >= 15 is 0 Å². The second-order valence-corrected chi connectivity index (χ2v) is 7.01. The Hall–Kier alpha value is -2.26. The summed E-state index contributed by atoms with van der Waals surface area (Å²) in [5.74, 6) is -1.37. The molecule has 0 N–H and O–H groups in total. The van der Waals surface area contributed by atoms with E-state index in [-0.39, 0.29) is 18.0 Å². The van der Waals surface area contributed by atoms with Crippen LogP contribution in [-0.4, -0.2) is 32.6 Å². The highest BCUT2D eigenvalue weighted by Crippen LogP contribution is 2.34. The van der Waals surface area contributed by atoms with Crippen molar-refractivity contribution in [2.45, 2.75) is 25.7 Å². The molecule has 7 nitrogen and oxygen atoms in total. The van der Waals surface area contributed by atoms with Gasteiger partial charge in [0.05, 0.1) is 15.4 Å². The van der Waals surface area contributed by atoms with Gasteiger partial charge >= 0.3 is 0 Å². The number of carbonyl (C=O) groups is 2. The van der Waals surface area contributed by atoms with Crippen LogP contribution in [0.5, 0.6) is 0 Å². The summed E-state index contributed by atoms with van der Waals surface area (Å²) in [5.41, 5.74) is 0.275. The third-order valence-corrected chi connectivity index (χ3v) is 4.93. The van der Waals surface area contributed by atoms with E-state index in [1.807, 2.05) is 0 Å². The van der Waals surface area contributed by atoms with Crippen LogP contribution in [0.2, 0.25) is 0 Å². The molecule has 1 aliphatic rings. The van der Waals surface area contributed by atoms with Crippen molar-refractivity contribution in [2.24, 2.45) is 0 Å². The lowest BCUT2D eigenvalue weighted by Gasteiger charge is -2.14. The first-order chi connectivity index (χ1) is 11.9. The Labute approximate surface area is 153 Å². The molecule has 132 valence electrons. The number of benzene rings is 1. The van der Waals surface area contributed by atoms with E-state index in [4.69, 9.17) is 12.2 Å². The first kappa shape index (κ1) is 19.1. The molecule has 0 radical (unpaired) electrons. The molecule has 1 fully saturated rings. The number of amides is 1. The number of rotatable bonds is 8. The summed E-state index contributed by atoms with van der Waals surface area (Å²) in [6.07, 6.45) is 3.24. The molecular weight excluding hydrogens is 364 g/mol. The Bertz CT molecular complexity index is 748. The quantitative estimate of drug-likeness (QED) is 0.224. The van der Waals surface area contributed by atoms with Crippen molar-refractivity contribution in [3.8, 4) is 0 Å². The summed E-state index contributed by atoms with van der Waals surface area (Å²) in [5, 5.41) is 21.4. The van der Waals surface area contributed by atoms with Gasteiger partial charge in [-0.15, -0.1) is 0 Å². The van der Waals surface area contributed by atoms with Crippen LogP contribution in [0, 0.1) is 10.1 Å². The first-order valence-corrected chi connectivity index (χ1v) is 8.81. The highest BCUT2D eigenvalue weighted by molar-refractivity contribution is 8.26. The fourth-order valence-corrected chi connectivity index (χ4v) is 3.63. The van der Waals surface area contributed by atoms with Crippen molar-refractivity contribution >= 4 is 51.9 Å². The minimum atomic E-state index is -1.09. The molecule has 25 heavy (non-hydrogen) atoms. The number of aliphatic carboxylic acids is 1. The van der Waals surface area contributed by atoms with Crippen LogP contribution in [0.1, 0.15) is 31.2 Å². The highest BCUT2D eigenvalue weighted by Gasteiger charge is 2.32. The SMILES string of the molecule is O=C([O-])CCCCCN1C(=O)/C(=C\c2ccccc2[N+](=O)[O-])SC1=S. The third-order valence-electron chi connectivity index (χ3n) is 3.56. The summed E-state index contributed by atoms with van der Waals surface area (Å²) in [6.45, 7) is 0.395. The fraction of sp³-hybridized carbons (Fsp3) is 0.312. The van der Waals surface area contributed by atoms with Crippen LogP contribution in [0.3, 0.4) is 0 Å². The zero-order chi connectivity index (χ0) is 18.4. The molecule has 1 aromatic rings. The maximum absolute atomic E-state index is 12.4. The molecule has 0 aromatic heterocycles. The molecule has 0 saturated carbocycles. The maximum atomic E-state index is 12.4. The predicted molar refractivity (Wildman–Crippen MR) is 96.5 cm³/mol. The molecule has 0 bridgehead atoms. The van der Waals surface area contributed by atoms with Crippen molar-refractivity contribution < 1.29 is 19.6 Å². The van der Waals surface area contributed by atoms with Gasteiger partial charge in [0, 0.05) is 18.6 Å². The van der Waals surface area contributed by atoms with Crippen LogP contribution in [0.15, 0.2) is 29.2 Å². The van der Waals surface area contributed by atoms with Crippen LogP contribution >= 0.6 is 24.0 Å². The van der Waals surface area contributed by atoms with Gasteiger partial charge in [-0.1, -0.05) is 42.5 Å². The number of para-hydroxylation sites is 1. The number of carboxylic acids is 1. The number of hydrogen-bond acceptors (Lipinski definition) is 7. The average molecular weight is 379 g/mol. The molecule has 0 atom stereocenters. The molecule has 1 aliphatic heterocycles. The van der Waals surface area contributed by atoms with Crippen LogP contribution in [0.25, 0.3) is 6.08 Å². The van der Waals surface area contributed by atoms with Gasteiger partial charge in [0.1, 0.15) is 4.32 Å². The maximum Gasteiger partial charge on any atom is 0.276 e. The Morgan fingerprint density at radius 3 is 2.68 bits per heavy atom. The minimum Gasteiger partial charge on any atom is -0.550 e. The number of carbonyl (C=O) groups excluding carboxylic acids is 2. The lowest BCUT2D eigenvalue weighted by Crippen LogP contribution is -2.29. The van der Waals surface area contributed by atoms with Gasteiger partial charge in [-0.2, -0.15) is 0 Å². The normalized spacial score (nSPS) is 15.8. The van der Waals surface area contributed by atoms with Crippen LogP contribution < -0.4 is 5.11 Å². The van der Waals surface area contributed by atoms with Gasteiger partial charge in [-0.25, -0.2) is 0 Å². The number of thioether (sulfide) groups is 1. The lowest BCUT2D eigenvalue weighted by atomic mass is 10.1. The fourth-order valence-electron chi connectivity index (χ4n) is 2.33. The summed E-state index contributed by atoms with van der Waals surface area (Å²) in [6, 6.07) is 6.18. The van der Waals surface area contributed by atoms with E-state index in [1.54, 1.807) is 18.2 Å². The molecule has 1 aromatic carbocycles. The zero-order valence-electron chi connectivity index (χ0n) is 13.2. The number of hydrogen-bond donors (Lipinski definition) is 0. The van der Waals surface area contributed by atoms with Gasteiger partial charge in [0.25, 0.3) is 11.6 Å². The van der Waals surface area contributed by atoms with Gasteiger partial charge in [0.2, 0.25) is 0 Å². The van der Waals surface area contributed by atoms with Gasteiger partial charge in [-0.3, -0.25) is 19.8 Å². The number of unbranched alkanes of at least 4 members (excludes halogenated alkanes) is 2. The second kappa shape index (κ2) is 8.72. The van der Waals surface area contributed by atoms with Gasteiger partial charge < -0.3 is 9.90 Å². The van der Waals surface area contributed by atoms with Gasteiger partial charge in [0.15, 0.2) is 0 Å². The highest BCUT2D eigenvalue weighted by atomic mass is 32.2. The minimum absolute atomic E-state index is 0.00400. The van der Waals surface area contributed by atoms with Crippen molar-refractivity contribution in [2.75, 3.05) is 6.54 Å². The number of thiocarbonyl (C=S) groups is 1. The monoisotopic (exact) mass is 379 g/mol. The Morgan fingerprint density at radius 1 is 1.28 bits per heavy atom. The Kier molecular flexibility index (Phi) is 6.65. The van der Waals surface area contributed by atoms with Crippen LogP contribution in [0.4, 0.5) is 5.69 Å². The Balaban J connectivity index is 2.03. The summed E-state index contributed by atoms with van der Waals surface area (Å²) in [7, 11) is 0. The molecule has 0 aliphatic carbocycles. The first-order valence-electron chi connectivity index (χ1n) is 7.59. The standard InChI is InChI=1S/C16H16N2O5S2/c19-14(20)8-2-1-5-9-17-15(21)13(25-16(17)24)10-11-6-3-4-7-12(11)18(22)23/h3-4,6-7,10H,1-2,5,8-9H2,(H,19,20)/p-1/b13-10+. The number of nitro benzene ring substituents is 1. The summed E-state index contributed by atoms with van der Waals surface area (Å²) >= 11 is 6.31. The van der Waals surface area contributed by atoms with Crippen molar-refractivity contribution in [1.29, 1.82) is 0 Å². The van der Waals surface area contributed by atoms with E-state index in [0.29, 0.717) is 40.6 Å². The summed E-state index contributed by atoms with van der Waals surface area (Å²) in [4.78, 5) is 35.2. The van der Waals surface area contributed by atoms with E-state index in [1.165, 1.54) is 17.0 Å². The molecule has 0 spiro atoms. The molecule has 1 heterocycles. The van der Waals surface area contributed by atoms with E-state index < -0.39 is 10.9 Å². The number of carboxylic acid groups (broad SMARTS) is 1. The average Bonchev–Trinajstić information content (AvgIpc) is 2.81. The number of nitrogens with zero attached hydrogens (tertiary/aromatic N) is 2. The van der Waals surface area contributed by atoms with E-state index in [2.05, 4.69) is 0 Å². The van der Waals surface area contributed by atoms with Crippen molar-refractivity contribution in [3.05, 3.63) is 44.8 Å². The molecule has 1 amide bonds. The van der Waals surface area contributed by atoms with Crippen molar-refractivity contribution in [3.63, 3.8) is 0 Å². The van der Waals surface area contributed by atoms with Crippen molar-refractivity contribution in [1.82, 2.24) is 4.90 Å². The predicted octanol–water partition coefficient (Wildman–Crippen LogP) is 2.11. The topological polar surface area (TPSA) is 104 Å². The van der Waals surface area contributed by atoms with E-state index in [0.717, 1.165) is 11.8 Å². The molecule has 0 unspecified atom stereocenters. The smallest absolute Gasteiger partial charge is 0.276 e. The molecule has 9 heteroatoms.